The molecule has 1 atom stereocenters. The van der Waals surface area contributed by atoms with Gasteiger partial charge in [0.1, 0.15) is 11.4 Å². The lowest BCUT2D eigenvalue weighted by atomic mass is 10.2. The average molecular weight is 328 g/mol. The van der Waals surface area contributed by atoms with Gasteiger partial charge in [0.2, 0.25) is 5.91 Å². The van der Waals surface area contributed by atoms with Crippen LogP contribution in [0.3, 0.4) is 0 Å². The Balaban J connectivity index is 1.72. The third-order valence-corrected chi connectivity index (χ3v) is 4.16. The number of hydrogen-bond acceptors (Lipinski definition) is 4. The molecule has 0 radical (unpaired) electrons. The summed E-state index contributed by atoms with van der Waals surface area (Å²) in [6.45, 7) is 2.23. The molecule has 1 aliphatic rings. The number of hydrogen-bond donors (Lipinski definition) is 1. The van der Waals surface area contributed by atoms with E-state index in [9.17, 15) is 9.59 Å². The van der Waals surface area contributed by atoms with Gasteiger partial charge < -0.3 is 19.5 Å². The van der Waals surface area contributed by atoms with Crippen LogP contribution in [-0.2, 0) is 11.8 Å². The standard InChI is InChI=1S/C17H20N4O3/c1-11-16(20(2)10-18-11)17(23)19-12-7-15(22)21(9-12)13-5-4-6-14(8-13)24-3/h4-6,8,10,12H,7,9H2,1-3H3,(H,19,23)/t12-/m0/s1. The molecular formula is C17H20N4O3. The van der Waals surface area contributed by atoms with Gasteiger partial charge in [-0.3, -0.25) is 9.59 Å². The number of amides is 2. The van der Waals surface area contributed by atoms with E-state index in [0.717, 1.165) is 5.69 Å². The first kappa shape index (κ1) is 16.0. The van der Waals surface area contributed by atoms with Crippen molar-refractivity contribution >= 4 is 17.5 Å². The van der Waals surface area contributed by atoms with Crippen molar-refractivity contribution in [2.45, 2.75) is 19.4 Å². The Hall–Kier alpha value is -2.83. The maximum Gasteiger partial charge on any atom is 0.270 e. The predicted octanol–water partition coefficient (Wildman–Crippen LogP) is 1.27. The van der Waals surface area contributed by atoms with Crippen molar-refractivity contribution in [1.29, 1.82) is 0 Å². The number of ether oxygens (including phenoxy) is 1. The lowest BCUT2D eigenvalue weighted by Gasteiger charge is -2.18. The fraction of sp³-hybridized carbons (Fsp3) is 0.353. The molecule has 0 aliphatic carbocycles. The Morgan fingerprint density at radius 2 is 2.21 bits per heavy atom. The molecule has 24 heavy (non-hydrogen) atoms. The molecule has 0 unspecified atom stereocenters. The number of methoxy groups -OCH3 is 1. The Morgan fingerprint density at radius 1 is 1.42 bits per heavy atom. The number of rotatable bonds is 4. The van der Waals surface area contributed by atoms with Gasteiger partial charge in [-0.1, -0.05) is 6.07 Å². The molecule has 0 saturated carbocycles. The lowest BCUT2D eigenvalue weighted by molar-refractivity contribution is -0.117. The van der Waals surface area contributed by atoms with E-state index in [4.69, 9.17) is 4.74 Å². The second-order valence-corrected chi connectivity index (χ2v) is 5.87. The Kier molecular flexibility index (Phi) is 4.24. The maximum atomic E-state index is 12.4. The highest BCUT2D eigenvalue weighted by atomic mass is 16.5. The van der Waals surface area contributed by atoms with Crippen LogP contribution >= 0.6 is 0 Å². The Morgan fingerprint density at radius 3 is 2.88 bits per heavy atom. The second kappa shape index (κ2) is 6.35. The number of carbonyl (C=O) groups is 2. The van der Waals surface area contributed by atoms with Crippen molar-refractivity contribution < 1.29 is 14.3 Å². The molecule has 1 aliphatic heterocycles. The van der Waals surface area contributed by atoms with E-state index in [-0.39, 0.29) is 24.3 Å². The maximum absolute atomic E-state index is 12.4. The van der Waals surface area contributed by atoms with Crippen molar-refractivity contribution in [2.24, 2.45) is 7.05 Å². The zero-order valence-corrected chi connectivity index (χ0v) is 13.9. The molecule has 1 aromatic carbocycles. The minimum Gasteiger partial charge on any atom is -0.497 e. The summed E-state index contributed by atoms with van der Waals surface area (Å²) < 4.78 is 6.88. The molecule has 1 fully saturated rings. The summed E-state index contributed by atoms with van der Waals surface area (Å²) in [6.07, 6.45) is 1.88. The number of aromatic nitrogens is 2. The van der Waals surface area contributed by atoms with Crippen LogP contribution in [0.15, 0.2) is 30.6 Å². The minimum atomic E-state index is -0.231. The first-order chi connectivity index (χ1) is 11.5. The van der Waals surface area contributed by atoms with E-state index < -0.39 is 0 Å². The first-order valence-electron chi connectivity index (χ1n) is 7.72. The molecule has 3 rings (SSSR count). The van der Waals surface area contributed by atoms with E-state index in [1.165, 1.54) is 0 Å². The molecule has 0 spiro atoms. The summed E-state index contributed by atoms with van der Waals surface area (Å²) in [4.78, 5) is 30.5. The highest BCUT2D eigenvalue weighted by Crippen LogP contribution is 2.25. The van der Waals surface area contributed by atoms with Crippen LogP contribution in [0.5, 0.6) is 5.75 Å². The third-order valence-electron chi connectivity index (χ3n) is 4.16. The van der Waals surface area contributed by atoms with Crippen molar-refractivity contribution in [3.63, 3.8) is 0 Å². The van der Waals surface area contributed by atoms with Gasteiger partial charge >= 0.3 is 0 Å². The van der Waals surface area contributed by atoms with Crippen LogP contribution < -0.4 is 15.0 Å². The smallest absolute Gasteiger partial charge is 0.270 e. The number of benzene rings is 1. The summed E-state index contributed by atoms with van der Waals surface area (Å²) in [5.74, 6) is 0.464. The van der Waals surface area contributed by atoms with Crippen LogP contribution in [0.4, 0.5) is 5.69 Å². The summed E-state index contributed by atoms with van der Waals surface area (Å²) in [6, 6.07) is 7.11. The molecule has 7 nitrogen and oxygen atoms in total. The van der Waals surface area contributed by atoms with Gasteiger partial charge in [0.05, 0.1) is 25.2 Å². The summed E-state index contributed by atoms with van der Waals surface area (Å²) >= 11 is 0. The van der Waals surface area contributed by atoms with Crippen LogP contribution in [0, 0.1) is 6.92 Å². The van der Waals surface area contributed by atoms with E-state index in [1.54, 1.807) is 36.9 Å². The topological polar surface area (TPSA) is 76.5 Å². The monoisotopic (exact) mass is 328 g/mol. The fourth-order valence-corrected chi connectivity index (χ4v) is 2.96. The van der Waals surface area contributed by atoms with Crippen LogP contribution in [0.1, 0.15) is 22.6 Å². The van der Waals surface area contributed by atoms with E-state index in [1.807, 2.05) is 24.3 Å². The highest BCUT2D eigenvalue weighted by Gasteiger charge is 2.32. The number of imidazole rings is 1. The average Bonchev–Trinajstić information content (AvgIpc) is 3.09. The minimum absolute atomic E-state index is 0.0183. The lowest BCUT2D eigenvalue weighted by Crippen LogP contribution is -2.38. The van der Waals surface area contributed by atoms with E-state index >= 15 is 0 Å². The molecule has 2 amide bonds. The number of carbonyl (C=O) groups excluding carboxylic acids is 2. The van der Waals surface area contributed by atoms with Gasteiger partial charge in [0, 0.05) is 31.8 Å². The molecule has 2 aromatic rings. The molecule has 1 N–H and O–H groups in total. The van der Waals surface area contributed by atoms with Crippen molar-refractivity contribution in [3.8, 4) is 5.75 Å². The van der Waals surface area contributed by atoms with Gasteiger partial charge in [0.25, 0.3) is 5.91 Å². The zero-order chi connectivity index (χ0) is 17.3. The van der Waals surface area contributed by atoms with Crippen molar-refractivity contribution in [3.05, 3.63) is 42.0 Å². The molecule has 2 heterocycles. The number of anilines is 1. The highest BCUT2D eigenvalue weighted by molar-refractivity contribution is 5.98. The van der Waals surface area contributed by atoms with Gasteiger partial charge in [-0.15, -0.1) is 0 Å². The van der Waals surface area contributed by atoms with E-state index in [2.05, 4.69) is 10.3 Å². The fourth-order valence-electron chi connectivity index (χ4n) is 2.96. The SMILES string of the molecule is COc1cccc(N2C[C@@H](NC(=O)c3c(C)ncn3C)CC2=O)c1. The Bertz CT molecular complexity index is 764. The van der Waals surface area contributed by atoms with Gasteiger partial charge in [-0.05, 0) is 19.1 Å². The summed E-state index contributed by atoms with van der Waals surface area (Å²) in [5.41, 5.74) is 1.96. The normalized spacial score (nSPS) is 17.2. The second-order valence-electron chi connectivity index (χ2n) is 5.87. The number of nitrogens with zero attached hydrogens (tertiary/aromatic N) is 3. The number of aryl methyl sites for hydroxylation is 2. The zero-order valence-electron chi connectivity index (χ0n) is 13.9. The first-order valence-corrected chi connectivity index (χ1v) is 7.72. The largest absolute Gasteiger partial charge is 0.497 e. The molecule has 0 bridgehead atoms. The van der Waals surface area contributed by atoms with Crippen LogP contribution in [0.25, 0.3) is 0 Å². The molecule has 7 heteroatoms. The van der Waals surface area contributed by atoms with Crippen molar-refractivity contribution in [1.82, 2.24) is 14.9 Å². The molecule has 1 aromatic heterocycles. The summed E-state index contributed by atoms with van der Waals surface area (Å²) in [7, 11) is 3.36. The predicted molar refractivity (Wildman–Crippen MR) is 89.2 cm³/mol. The van der Waals surface area contributed by atoms with Gasteiger partial charge in [-0.2, -0.15) is 0 Å². The van der Waals surface area contributed by atoms with Crippen LogP contribution in [-0.4, -0.2) is 41.1 Å². The molecular weight excluding hydrogens is 308 g/mol. The quantitative estimate of drug-likeness (QED) is 0.917. The van der Waals surface area contributed by atoms with Crippen LogP contribution in [0.2, 0.25) is 0 Å². The van der Waals surface area contributed by atoms with Gasteiger partial charge in [0.15, 0.2) is 0 Å². The summed E-state index contributed by atoms with van der Waals surface area (Å²) in [5, 5.41) is 2.93. The van der Waals surface area contributed by atoms with Gasteiger partial charge in [-0.25, -0.2) is 4.98 Å². The molecule has 126 valence electrons. The number of nitrogens with one attached hydrogen (secondary N) is 1. The van der Waals surface area contributed by atoms with E-state index in [0.29, 0.717) is 23.7 Å². The Labute approximate surface area is 140 Å². The third kappa shape index (κ3) is 2.97. The molecule has 1 saturated heterocycles. The van der Waals surface area contributed by atoms with Crippen molar-refractivity contribution in [2.75, 3.05) is 18.6 Å².